The number of hydrogen-bond acceptors (Lipinski definition) is 2. The van der Waals surface area contributed by atoms with Crippen molar-refractivity contribution in [3.63, 3.8) is 0 Å². The van der Waals surface area contributed by atoms with Gasteiger partial charge in [0, 0.05) is 11.3 Å². The Labute approximate surface area is 96.6 Å². The molecule has 0 bridgehead atoms. The van der Waals surface area contributed by atoms with Crippen molar-refractivity contribution >= 4 is 0 Å². The third kappa shape index (κ3) is 6.17. The first kappa shape index (κ1) is 12.7. The molecular weight excluding hydrogens is 202 g/mol. The van der Waals surface area contributed by atoms with Crippen LogP contribution in [-0.4, -0.2) is 11.5 Å². The molecule has 0 aliphatic heterocycles. The molecule has 16 heavy (non-hydrogen) atoms. The number of unbranched alkanes of at least 4 members (excludes halogenated alkanes) is 4. The molecular formula is C13H19NO2. The van der Waals surface area contributed by atoms with E-state index < -0.39 is 0 Å². The van der Waals surface area contributed by atoms with Gasteiger partial charge in [-0.1, -0.05) is 43.2 Å². The molecule has 0 heterocycles. The highest BCUT2D eigenvalue weighted by Gasteiger charge is 1.97. The average Bonchev–Trinajstić information content (AvgIpc) is 2.29. The molecule has 0 aromatic heterocycles. The highest BCUT2D eigenvalue weighted by atomic mass is 16.6. The summed E-state index contributed by atoms with van der Waals surface area (Å²) in [6.07, 6.45) is 6.29. The highest BCUT2D eigenvalue weighted by Crippen LogP contribution is 2.08. The maximum absolute atomic E-state index is 10.1. The molecule has 0 N–H and O–H groups in total. The van der Waals surface area contributed by atoms with Crippen LogP contribution < -0.4 is 0 Å². The van der Waals surface area contributed by atoms with Gasteiger partial charge in [0.1, 0.15) is 0 Å². The van der Waals surface area contributed by atoms with Gasteiger partial charge < -0.3 is 0 Å². The van der Waals surface area contributed by atoms with Crippen LogP contribution in [0.1, 0.15) is 37.7 Å². The lowest BCUT2D eigenvalue weighted by Gasteiger charge is -2.01. The Morgan fingerprint density at radius 3 is 2.25 bits per heavy atom. The topological polar surface area (TPSA) is 43.1 Å². The molecule has 0 atom stereocenters. The Bertz CT molecular complexity index is 298. The van der Waals surface area contributed by atoms with Gasteiger partial charge in [-0.25, -0.2) is 0 Å². The number of benzene rings is 1. The van der Waals surface area contributed by atoms with Crippen molar-refractivity contribution in [3.05, 3.63) is 46.0 Å². The summed E-state index contributed by atoms with van der Waals surface area (Å²) in [6, 6.07) is 10.4. The lowest BCUT2D eigenvalue weighted by Crippen LogP contribution is -1.99. The lowest BCUT2D eigenvalue weighted by atomic mass is 10.1. The van der Waals surface area contributed by atoms with E-state index in [4.69, 9.17) is 0 Å². The van der Waals surface area contributed by atoms with Crippen molar-refractivity contribution in [2.75, 3.05) is 6.54 Å². The first-order valence-corrected chi connectivity index (χ1v) is 5.95. The minimum atomic E-state index is -0.232. The van der Waals surface area contributed by atoms with E-state index >= 15 is 0 Å². The molecule has 88 valence electrons. The zero-order chi connectivity index (χ0) is 11.6. The molecule has 0 saturated carbocycles. The number of nitrogens with zero attached hydrogens (tertiary/aromatic N) is 1. The molecule has 0 aliphatic carbocycles. The summed E-state index contributed by atoms with van der Waals surface area (Å²) in [6.45, 7) is 0.124. The summed E-state index contributed by atoms with van der Waals surface area (Å²) in [5, 5.41) is 10.1. The summed E-state index contributed by atoms with van der Waals surface area (Å²) >= 11 is 0. The molecule has 0 fully saturated rings. The first-order chi connectivity index (χ1) is 7.79. The van der Waals surface area contributed by atoms with Gasteiger partial charge in [-0.15, -0.1) is 0 Å². The van der Waals surface area contributed by atoms with Crippen LogP contribution in [0, 0.1) is 10.1 Å². The average molecular weight is 221 g/mol. The maximum Gasteiger partial charge on any atom is 0.203 e. The number of nitro groups is 1. The predicted molar refractivity (Wildman–Crippen MR) is 65.1 cm³/mol. The number of rotatable bonds is 8. The van der Waals surface area contributed by atoms with Gasteiger partial charge in [-0.3, -0.25) is 10.1 Å². The summed E-state index contributed by atoms with van der Waals surface area (Å²) < 4.78 is 0. The van der Waals surface area contributed by atoms with E-state index in [1.165, 1.54) is 18.4 Å². The second kappa shape index (κ2) is 7.85. The second-order valence-electron chi connectivity index (χ2n) is 4.06. The first-order valence-electron chi connectivity index (χ1n) is 5.95. The van der Waals surface area contributed by atoms with Crippen molar-refractivity contribution in [3.8, 4) is 0 Å². The molecule has 1 rings (SSSR count). The van der Waals surface area contributed by atoms with Crippen LogP contribution in [0.15, 0.2) is 30.3 Å². The van der Waals surface area contributed by atoms with Gasteiger partial charge in [0.25, 0.3) is 0 Å². The minimum Gasteiger partial charge on any atom is -0.265 e. The summed E-state index contributed by atoms with van der Waals surface area (Å²) in [5.74, 6) is 0. The summed E-state index contributed by atoms with van der Waals surface area (Å²) in [4.78, 5) is 9.85. The van der Waals surface area contributed by atoms with Crippen LogP contribution in [0.2, 0.25) is 0 Å². The van der Waals surface area contributed by atoms with Crippen LogP contribution in [0.3, 0.4) is 0 Å². The zero-order valence-corrected chi connectivity index (χ0v) is 9.60. The maximum atomic E-state index is 10.1. The Hall–Kier alpha value is -1.38. The van der Waals surface area contributed by atoms with E-state index in [-0.39, 0.29) is 11.5 Å². The third-order valence-corrected chi connectivity index (χ3v) is 2.65. The lowest BCUT2D eigenvalue weighted by molar-refractivity contribution is -0.480. The molecule has 1 aromatic rings. The molecule has 0 unspecified atom stereocenters. The Kier molecular flexibility index (Phi) is 6.23. The zero-order valence-electron chi connectivity index (χ0n) is 9.60. The standard InChI is InChI=1S/C13H19NO2/c15-14(16)12-8-3-1-2-5-9-13-10-6-4-7-11-13/h4,6-7,10-11H,1-3,5,8-9,12H2. The molecule has 0 saturated heterocycles. The fourth-order valence-electron chi connectivity index (χ4n) is 1.75. The van der Waals surface area contributed by atoms with Gasteiger partial charge >= 0.3 is 0 Å². The SMILES string of the molecule is O=[N+]([O-])CCCCCCCc1ccccc1. The molecule has 3 heteroatoms. The van der Waals surface area contributed by atoms with E-state index in [9.17, 15) is 10.1 Å². The second-order valence-corrected chi connectivity index (χ2v) is 4.06. The van der Waals surface area contributed by atoms with Gasteiger partial charge in [0.2, 0.25) is 6.54 Å². The molecule has 0 amide bonds. The Morgan fingerprint density at radius 1 is 0.938 bits per heavy atom. The van der Waals surface area contributed by atoms with Crippen molar-refractivity contribution in [1.29, 1.82) is 0 Å². The monoisotopic (exact) mass is 221 g/mol. The van der Waals surface area contributed by atoms with E-state index in [1.54, 1.807) is 0 Å². The minimum absolute atomic E-state index is 0.124. The molecule has 0 radical (unpaired) electrons. The van der Waals surface area contributed by atoms with E-state index in [0.717, 1.165) is 25.7 Å². The van der Waals surface area contributed by atoms with Crippen molar-refractivity contribution in [1.82, 2.24) is 0 Å². The fourth-order valence-corrected chi connectivity index (χ4v) is 1.75. The fraction of sp³-hybridized carbons (Fsp3) is 0.538. The highest BCUT2D eigenvalue weighted by molar-refractivity contribution is 5.14. The van der Waals surface area contributed by atoms with Crippen LogP contribution in [-0.2, 0) is 6.42 Å². The number of hydrogen-bond donors (Lipinski definition) is 0. The van der Waals surface area contributed by atoms with E-state index in [2.05, 4.69) is 24.3 Å². The third-order valence-electron chi connectivity index (χ3n) is 2.65. The molecule has 1 aromatic carbocycles. The summed E-state index contributed by atoms with van der Waals surface area (Å²) in [5.41, 5.74) is 1.38. The van der Waals surface area contributed by atoms with Crippen molar-refractivity contribution in [2.45, 2.75) is 38.5 Å². The van der Waals surface area contributed by atoms with E-state index in [1.807, 2.05) is 6.07 Å². The largest absolute Gasteiger partial charge is 0.265 e. The quantitative estimate of drug-likeness (QED) is 0.383. The van der Waals surface area contributed by atoms with Gasteiger partial charge in [-0.05, 0) is 24.8 Å². The Balaban J connectivity index is 1.94. The normalized spacial score (nSPS) is 10.2. The smallest absolute Gasteiger partial charge is 0.203 e. The van der Waals surface area contributed by atoms with Crippen LogP contribution in [0.25, 0.3) is 0 Å². The van der Waals surface area contributed by atoms with Gasteiger partial charge in [-0.2, -0.15) is 0 Å². The molecule has 0 aliphatic rings. The Morgan fingerprint density at radius 2 is 1.56 bits per heavy atom. The van der Waals surface area contributed by atoms with Crippen molar-refractivity contribution in [2.24, 2.45) is 0 Å². The molecule has 3 nitrogen and oxygen atoms in total. The summed E-state index contributed by atoms with van der Waals surface area (Å²) in [7, 11) is 0. The van der Waals surface area contributed by atoms with Crippen LogP contribution in [0.4, 0.5) is 0 Å². The van der Waals surface area contributed by atoms with Crippen LogP contribution in [0.5, 0.6) is 0 Å². The van der Waals surface area contributed by atoms with Crippen LogP contribution >= 0.6 is 0 Å². The molecule has 0 spiro atoms. The van der Waals surface area contributed by atoms with Gasteiger partial charge in [0.05, 0.1) is 0 Å². The predicted octanol–water partition coefficient (Wildman–Crippen LogP) is 3.46. The van der Waals surface area contributed by atoms with E-state index in [0.29, 0.717) is 0 Å². The number of aryl methyl sites for hydroxylation is 1. The van der Waals surface area contributed by atoms with Gasteiger partial charge in [0.15, 0.2) is 0 Å². The van der Waals surface area contributed by atoms with Crippen molar-refractivity contribution < 1.29 is 4.92 Å².